The van der Waals surface area contributed by atoms with Gasteiger partial charge in [-0.3, -0.25) is 4.79 Å². The molecule has 0 saturated carbocycles. The molecule has 104 valence electrons. The lowest BCUT2D eigenvalue weighted by Gasteiger charge is -2.38. The van der Waals surface area contributed by atoms with Crippen LogP contribution in [0, 0.1) is 5.41 Å². The third kappa shape index (κ3) is 3.06. The number of amides is 1. The van der Waals surface area contributed by atoms with Crippen molar-refractivity contribution in [2.45, 2.75) is 33.1 Å². The number of rotatable bonds is 3. The molecule has 0 aliphatic carbocycles. The maximum atomic E-state index is 12.4. The molecule has 1 aliphatic heterocycles. The van der Waals surface area contributed by atoms with Crippen LogP contribution in [0.15, 0.2) is 18.3 Å². The maximum absolute atomic E-state index is 12.4. The van der Waals surface area contributed by atoms with Crippen LogP contribution >= 0.6 is 0 Å². The van der Waals surface area contributed by atoms with Crippen molar-refractivity contribution >= 4 is 11.7 Å². The van der Waals surface area contributed by atoms with Gasteiger partial charge in [0.05, 0.1) is 5.56 Å². The van der Waals surface area contributed by atoms with Gasteiger partial charge in [0.2, 0.25) is 0 Å². The first kappa shape index (κ1) is 13.8. The monoisotopic (exact) mass is 261 g/mol. The first-order valence-corrected chi connectivity index (χ1v) is 7.01. The second-order valence-electron chi connectivity index (χ2n) is 5.64. The molecule has 0 bridgehead atoms. The van der Waals surface area contributed by atoms with Crippen molar-refractivity contribution in [2.75, 3.05) is 25.5 Å². The number of hydrogen-bond donors (Lipinski definition) is 1. The van der Waals surface area contributed by atoms with Crippen LogP contribution in [0.1, 0.15) is 43.5 Å². The molecular weight excluding hydrogens is 238 g/mol. The number of carbonyl (C=O) groups is 1. The fourth-order valence-electron chi connectivity index (χ4n) is 2.45. The van der Waals surface area contributed by atoms with E-state index in [-0.39, 0.29) is 5.91 Å². The fraction of sp³-hybridized carbons (Fsp3) is 0.600. The topological polar surface area (TPSA) is 45.2 Å². The highest BCUT2D eigenvalue weighted by molar-refractivity contribution is 5.94. The average molecular weight is 261 g/mol. The molecule has 1 fully saturated rings. The molecule has 4 heteroatoms. The van der Waals surface area contributed by atoms with Crippen LogP contribution in [-0.2, 0) is 0 Å². The number of pyridine rings is 1. The largest absolute Gasteiger partial charge is 0.373 e. The Labute approximate surface area is 115 Å². The molecule has 19 heavy (non-hydrogen) atoms. The third-order valence-electron chi connectivity index (χ3n) is 4.38. The van der Waals surface area contributed by atoms with Crippen molar-refractivity contribution in [2.24, 2.45) is 5.41 Å². The molecule has 0 radical (unpaired) electrons. The van der Waals surface area contributed by atoms with Crippen LogP contribution in [0.3, 0.4) is 0 Å². The summed E-state index contributed by atoms with van der Waals surface area (Å²) < 4.78 is 0. The van der Waals surface area contributed by atoms with Crippen LogP contribution in [0.5, 0.6) is 0 Å². The molecule has 2 rings (SSSR count). The van der Waals surface area contributed by atoms with Crippen LogP contribution in [-0.4, -0.2) is 35.9 Å². The standard InChI is InChI=1S/C15H23N3O/c1-4-15(2)7-9-18(10-8-15)14(19)12-5-6-13(16-3)17-11-12/h5-6,11H,4,7-10H2,1-3H3,(H,16,17). The number of anilines is 1. The van der Waals surface area contributed by atoms with Gasteiger partial charge in [0.25, 0.3) is 5.91 Å². The second kappa shape index (κ2) is 5.59. The molecule has 0 atom stereocenters. The molecule has 1 amide bonds. The van der Waals surface area contributed by atoms with Gasteiger partial charge in [-0.25, -0.2) is 4.98 Å². The van der Waals surface area contributed by atoms with Crippen molar-refractivity contribution in [3.63, 3.8) is 0 Å². The van der Waals surface area contributed by atoms with Crippen molar-refractivity contribution in [3.8, 4) is 0 Å². The van der Waals surface area contributed by atoms with E-state index in [0.717, 1.165) is 31.7 Å². The van der Waals surface area contributed by atoms with E-state index < -0.39 is 0 Å². The van der Waals surface area contributed by atoms with Gasteiger partial charge in [-0.2, -0.15) is 0 Å². The van der Waals surface area contributed by atoms with E-state index in [1.165, 1.54) is 6.42 Å². The van der Waals surface area contributed by atoms with E-state index in [2.05, 4.69) is 24.1 Å². The van der Waals surface area contributed by atoms with E-state index >= 15 is 0 Å². The second-order valence-corrected chi connectivity index (χ2v) is 5.64. The third-order valence-corrected chi connectivity index (χ3v) is 4.38. The maximum Gasteiger partial charge on any atom is 0.255 e. The Morgan fingerprint density at radius 3 is 2.58 bits per heavy atom. The minimum absolute atomic E-state index is 0.105. The molecular formula is C15H23N3O. The summed E-state index contributed by atoms with van der Waals surface area (Å²) in [6.45, 7) is 6.27. The first-order valence-electron chi connectivity index (χ1n) is 7.01. The predicted molar refractivity (Wildman–Crippen MR) is 77.3 cm³/mol. The fourth-order valence-corrected chi connectivity index (χ4v) is 2.45. The Morgan fingerprint density at radius 2 is 2.11 bits per heavy atom. The zero-order chi connectivity index (χ0) is 13.9. The van der Waals surface area contributed by atoms with Gasteiger partial charge < -0.3 is 10.2 Å². The normalized spacial score (nSPS) is 18.2. The minimum atomic E-state index is 0.105. The highest BCUT2D eigenvalue weighted by Gasteiger charge is 2.30. The Hall–Kier alpha value is -1.58. The van der Waals surface area contributed by atoms with Gasteiger partial charge >= 0.3 is 0 Å². The molecule has 0 unspecified atom stereocenters. The zero-order valence-electron chi connectivity index (χ0n) is 12.1. The highest BCUT2D eigenvalue weighted by atomic mass is 16.2. The number of likely N-dealkylation sites (tertiary alicyclic amines) is 1. The van der Waals surface area contributed by atoms with Crippen molar-refractivity contribution in [1.82, 2.24) is 9.88 Å². The number of aromatic nitrogens is 1. The molecule has 0 spiro atoms. The number of nitrogens with one attached hydrogen (secondary N) is 1. The predicted octanol–water partition coefficient (Wildman–Crippen LogP) is 2.78. The lowest BCUT2D eigenvalue weighted by molar-refractivity contribution is 0.0600. The molecule has 2 heterocycles. The van der Waals surface area contributed by atoms with Crippen molar-refractivity contribution in [3.05, 3.63) is 23.9 Å². The van der Waals surface area contributed by atoms with E-state index in [9.17, 15) is 4.79 Å². The SMILES string of the molecule is CCC1(C)CCN(C(=O)c2ccc(NC)nc2)CC1. The van der Waals surface area contributed by atoms with Gasteiger partial charge in [-0.1, -0.05) is 20.3 Å². The lowest BCUT2D eigenvalue weighted by Crippen LogP contribution is -2.41. The summed E-state index contributed by atoms with van der Waals surface area (Å²) >= 11 is 0. The zero-order valence-corrected chi connectivity index (χ0v) is 12.1. The summed E-state index contributed by atoms with van der Waals surface area (Å²) in [5.74, 6) is 0.891. The minimum Gasteiger partial charge on any atom is -0.373 e. The molecule has 0 aromatic carbocycles. The Bertz CT molecular complexity index is 433. The van der Waals surface area contributed by atoms with Crippen LogP contribution in [0.25, 0.3) is 0 Å². The summed E-state index contributed by atoms with van der Waals surface area (Å²) in [6, 6.07) is 3.68. The molecule has 1 saturated heterocycles. The van der Waals surface area contributed by atoms with Crippen LogP contribution < -0.4 is 5.32 Å². The lowest BCUT2D eigenvalue weighted by atomic mass is 9.78. The number of piperidine rings is 1. The Kier molecular flexibility index (Phi) is 4.08. The van der Waals surface area contributed by atoms with E-state index in [1.54, 1.807) is 6.20 Å². The summed E-state index contributed by atoms with van der Waals surface area (Å²) in [5.41, 5.74) is 1.09. The molecule has 1 N–H and O–H groups in total. The number of hydrogen-bond acceptors (Lipinski definition) is 3. The summed E-state index contributed by atoms with van der Waals surface area (Å²) in [4.78, 5) is 18.5. The molecule has 1 aromatic heterocycles. The average Bonchev–Trinajstić information content (AvgIpc) is 2.47. The van der Waals surface area contributed by atoms with E-state index in [0.29, 0.717) is 11.0 Å². The first-order chi connectivity index (χ1) is 9.08. The molecule has 4 nitrogen and oxygen atoms in total. The van der Waals surface area contributed by atoms with E-state index in [4.69, 9.17) is 0 Å². The van der Waals surface area contributed by atoms with Gasteiger partial charge in [-0.05, 0) is 30.4 Å². The van der Waals surface area contributed by atoms with Crippen LogP contribution in [0.4, 0.5) is 5.82 Å². The van der Waals surface area contributed by atoms with Crippen molar-refractivity contribution in [1.29, 1.82) is 0 Å². The number of carbonyl (C=O) groups excluding carboxylic acids is 1. The summed E-state index contributed by atoms with van der Waals surface area (Å²) in [5, 5.41) is 2.95. The molecule has 1 aliphatic rings. The number of nitrogens with zero attached hydrogens (tertiary/aromatic N) is 2. The van der Waals surface area contributed by atoms with Crippen LogP contribution in [0.2, 0.25) is 0 Å². The summed E-state index contributed by atoms with van der Waals surface area (Å²) in [7, 11) is 1.82. The van der Waals surface area contributed by atoms with Gasteiger partial charge in [0.15, 0.2) is 0 Å². The molecule has 1 aromatic rings. The van der Waals surface area contributed by atoms with Gasteiger partial charge in [-0.15, -0.1) is 0 Å². The van der Waals surface area contributed by atoms with Gasteiger partial charge in [0, 0.05) is 26.3 Å². The van der Waals surface area contributed by atoms with E-state index in [1.807, 2.05) is 24.1 Å². The van der Waals surface area contributed by atoms with Gasteiger partial charge in [0.1, 0.15) is 5.82 Å². The Balaban J connectivity index is 2.00. The summed E-state index contributed by atoms with van der Waals surface area (Å²) in [6.07, 6.45) is 5.03. The highest BCUT2D eigenvalue weighted by Crippen LogP contribution is 2.34. The quantitative estimate of drug-likeness (QED) is 0.910. The Morgan fingerprint density at radius 1 is 1.42 bits per heavy atom. The smallest absolute Gasteiger partial charge is 0.255 e. The van der Waals surface area contributed by atoms with Crippen molar-refractivity contribution < 1.29 is 4.79 Å².